The molecule has 2 aliphatic carbocycles. The molecule has 122 valence electrons. The number of hydrogen-bond donors (Lipinski definition) is 5. The van der Waals surface area contributed by atoms with Crippen LogP contribution in [0.4, 0.5) is 0 Å². The smallest absolute Gasteiger partial charge is 0.324 e. The number of aliphatic carboxylic acids is 2. The van der Waals surface area contributed by atoms with Crippen molar-refractivity contribution >= 4 is 17.8 Å². The second-order valence-electron chi connectivity index (χ2n) is 6.15. The van der Waals surface area contributed by atoms with Gasteiger partial charge in [0.15, 0.2) is 0 Å². The molecule has 1 aromatic carbocycles. The van der Waals surface area contributed by atoms with Crippen LogP contribution in [0, 0.1) is 17.8 Å². The molecule has 8 nitrogen and oxygen atoms in total. The second-order valence-corrected chi connectivity index (χ2v) is 6.15. The van der Waals surface area contributed by atoms with Crippen LogP contribution in [0.25, 0.3) is 0 Å². The summed E-state index contributed by atoms with van der Waals surface area (Å²) in [6.07, 6.45) is -0.0218. The minimum absolute atomic E-state index is 0.0218. The predicted molar refractivity (Wildman–Crippen MR) is 76.6 cm³/mol. The normalized spacial score (nSPS) is 34.5. The fourth-order valence-electron chi connectivity index (χ4n) is 3.73. The lowest BCUT2D eigenvalue weighted by molar-refractivity contribution is -0.145. The molecule has 0 saturated heterocycles. The van der Waals surface area contributed by atoms with Crippen LogP contribution in [0.2, 0.25) is 0 Å². The summed E-state index contributed by atoms with van der Waals surface area (Å²) in [7, 11) is 0. The van der Waals surface area contributed by atoms with E-state index in [0.717, 1.165) is 0 Å². The van der Waals surface area contributed by atoms with E-state index in [9.17, 15) is 29.7 Å². The number of carboxylic acids is 2. The number of nitrogens with one attached hydrogen (secondary N) is 1. The predicted octanol–water partition coefficient (Wildman–Crippen LogP) is -0.377. The molecule has 0 heterocycles. The number of phenolic OH excluding ortho intramolecular Hbond substituents is 1. The average molecular weight is 320 g/mol. The van der Waals surface area contributed by atoms with Crippen LogP contribution in [0.15, 0.2) is 24.3 Å². The van der Waals surface area contributed by atoms with Gasteiger partial charge in [0.1, 0.15) is 11.3 Å². The summed E-state index contributed by atoms with van der Waals surface area (Å²) in [6, 6.07) is 5.06. The zero-order valence-electron chi connectivity index (χ0n) is 12.0. The Labute approximate surface area is 130 Å². The molecule has 8 heteroatoms. The largest absolute Gasteiger partial charge is 0.508 e. The van der Waals surface area contributed by atoms with Gasteiger partial charge >= 0.3 is 11.9 Å². The van der Waals surface area contributed by atoms with E-state index in [0.29, 0.717) is 0 Å². The van der Waals surface area contributed by atoms with E-state index in [1.54, 1.807) is 0 Å². The van der Waals surface area contributed by atoms with E-state index in [1.807, 2.05) is 0 Å². The molecule has 2 aliphatic rings. The third-order valence-corrected chi connectivity index (χ3v) is 4.80. The Morgan fingerprint density at radius 1 is 1.26 bits per heavy atom. The highest BCUT2D eigenvalue weighted by molar-refractivity contribution is 5.95. The van der Waals surface area contributed by atoms with Crippen LogP contribution in [0.5, 0.6) is 5.75 Å². The number of hydrogen-bond acceptors (Lipinski definition) is 5. The fraction of sp³-hybridized carbons (Fsp3) is 0.400. The number of carbonyl (C=O) groups is 3. The van der Waals surface area contributed by atoms with Crippen molar-refractivity contribution in [3.8, 4) is 5.75 Å². The number of aromatic hydroxyl groups is 1. The van der Waals surface area contributed by atoms with Gasteiger partial charge in [-0.05, 0) is 30.5 Å². The van der Waals surface area contributed by atoms with Crippen molar-refractivity contribution in [3.63, 3.8) is 0 Å². The van der Waals surface area contributed by atoms with Crippen LogP contribution in [-0.2, 0) is 9.59 Å². The quantitative estimate of drug-likeness (QED) is 0.507. The molecule has 3 rings (SSSR count). The van der Waals surface area contributed by atoms with E-state index in [-0.39, 0.29) is 17.7 Å². The van der Waals surface area contributed by atoms with Crippen molar-refractivity contribution in [1.82, 2.24) is 5.32 Å². The van der Waals surface area contributed by atoms with Crippen molar-refractivity contribution in [1.29, 1.82) is 0 Å². The maximum Gasteiger partial charge on any atom is 0.324 e. The summed E-state index contributed by atoms with van der Waals surface area (Å²) in [5, 5.41) is 30.5. The van der Waals surface area contributed by atoms with E-state index < -0.39 is 47.2 Å². The lowest BCUT2D eigenvalue weighted by atomic mass is 9.90. The molecule has 1 aromatic rings. The molecule has 6 N–H and O–H groups in total. The maximum absolute atomic E-state index is 12.2. The van der Waals surface area contributed by atoms with E-state index in [2.05, 4.69) is 5.32 Å². The third kappa shape index (κ3) is 2.31. The topological polar surface area (TPSA) is 150 Å². The van der Waals surface area contributed by atoms with Gasteiger partial charge in [-0.15, -0.1) is 0 Å². The number of fused-ring (bicyclic) bond motifs is 1. The number of amides is 1. The number of rotatable bonds is 4. The summed E-state index contributed by atoms with van der Waals surface area (Å²) in [4.78, 5) is 34.9. The highest BCUT2D eigenvalue weighted by Gasteiger charge is 2.74. The standard InChI is InChI=1S/C15H16N2O6/c16-15(14(22)23)5-8(9-10(11(9)15)13(20)21)17-12(19)6-2-1-3-7(18)4-6/h1-4,8-11,18H,5,16H2,(H,17,19)(H,20,21)(H,22,23)/t8-,9-,10-,11+,15-/m1/s1. The van der Waals surface area contributed by atoms with Gasteiger partial charge in [0.2, 0.25) is 0 Å². The van der Waals surface area contributed by atoms with Crippen LogP contribution in [-0.4, -0.2) is 44.7 Å². The van der Waals surface area contributed by atoms with Crippen molar-refractivity contribution in [2.45, 2.75) is 18.0 Å². The first-order chi connectivity index (χ1) is 10.8. The highest BCUT2D eigenvalue weighted by atomic mass is 16.4. The van der Waals surface area contributed by atoms with Crippen molar-refractivity contribution < 1.29 is 29.7 Å². The molecule has 0 aliphatic heterocycles. The summed E-state index contributed by atoms with van der Waals surface area (Å²) in [5.41, 5.74) is 4.45. The first-order valence-electron chi connectivity index (χ1n) is 7.10. The van der Waals surface area contributed by atoms with Gasteiger partial charge in [-0.3, -0.25) is 14.4 Å². The summed E-state index contributed by atoms with van der Waals surface area (Å²) in [6.45, 7) is 0. The molecule has 23 heavy (non-hydrogen) atoms. The van der Waals surface area contributed by atoms with Crippen molar-refractivity contribution in [3.05, 3.63) is 29.8 Å². The highest BCUT2D eigenvalue weighted by Crippen LogP contribution is 2.61. The molecule has 0 unspecified atom stereocenters. The van der Waals surface area contributed by atoms with Crippen molar-refractivity contribution in [2.75, 3.05) is 0 Å². The van der Waals surface area contributed by atoms with Crippen LogP contribution in [0.3, 0.4) is 0 Å². The molecule has 0 bridgehead atoms. The molecule has 2 fully saturated rings. The first-order valence-corrected chi connectivity index (χ1v) is 7.10. The van der Waals surface area contributed by atoms with Gasteiger partial charge in [0, 0.05) is 17.5 Å². The Bertz CT molecular complexity index is 705. The molecule has 0 aromatic heterocycles. The SMILES string of the molecule is N[C@]1(C(=O)O)C[C@@H](NC(=O)c2cccc(O)c2)[C@@H]2[C@@H](C(=O)O)[C@H]21. The van der Waals surface area contributed by atoms with Crippen LogP contribution in [0.1, 0.15) is 16.8 Å². The average Bonchev–Trinajstić information content (AvgIpc) is 3.16. The second kappa shape index (κ2) is 4.95. The van der Waals surface area contributed by atoms with Gasteiger partial charge < -0.3 is 26.4 Å². The third-order valence-electron chi connectivity index (χ3n) is 4.80. The Kier molecular flexibility index (Phi) is 3.29. The molecular weight excluding hydrogens is 304 g/mol. The van der Waals surface area contributed by atoms with Crippen molar-refractivity contribution in [2.24, 2.45) is 23.5 Å². The van der Waals surface area contributed by atoms with Crippen LogP contribution < -0.4 is 11.1 Å². The van der Waals surface area contributed by atoms with Gasteiger partial charge in [-0.1, -0.05) is 6.07 Å². The number of carboxylic acid groups (broad SMARTS) is 2. The lowest BCUT2D eigenvalue weighted by Crippen LogP contribution is -2.52. The molecule has 1 amide bonds. The zero-order valence-corrected chi connectivity index (χ0v) is 12.0. The Morgan fingerprint density at radius 2 is 1.96 bits per heavy atom. The van der Waals surface area contributed by atoms with Gasteiger partial charge in [0.25, 0.3) is 5.91 Å². The molecule has 0 spiro atoms. The van der Waals surface area contributed by atoms with Gasteiger partial charge in [-0.2, -0.15) is 0 Å². The Morgan fingerprint density at radius 3 is 2.52 bits per heavy atom. The zero-order chi connectivity index (χ0) is 16.9. The van der Waals surface area contributed by atoms with E-state index in [4.69, 9.17) is 5.73 Å². The summed E-state index contributed by atoms with van der Waals surface area (Å²) in [5.74, 6) is -4.98. The molecule has 5 atom stereocenters. The van der Waals surface area contributed by atoms with Crippen LogP contribution >= 0.6 is 0 Å². The number of nitrogens with two attached hydrogens (primary N) is 1. The maximum atomic E-state index is 12.2. The molecule has 0 radical (unpaired) electrons. The Hall–Kier alpha value is -2.61. The minimum Gasteiger partial charge on any atom is -0.508 e. The first kappa shape index (κ1) is 15.3. The Balaban J connectivity index is 1.80. The van der Waals surface area contributed by atoms with E-state index in [1.165, 1.54) is 24.3 Å². The van der Waals surface area contributed by atoms with Gasteiger partial charge in [0.05, 0.1) is 5.92 Å². The van der Waals surface area contributed by atoms with Gasteiger partial charge in [-0.25, -0.2) is 0 Å². The molecule has 2 saturated carbocycles. The fourth-order valence-corrected chi connectivity index (χ4v) is 3.73. The summed E-state index contributed by atoms with van der Waals surface area (Å²) >= 11 is 0. The number of carbonyl (C=O) groups excluding carboxylic acids is 1. The van der Waals surface area contributed by atoms with E-state index >= 15 is 0 Å². The number of phenols is 1. The summed E-state index contributed by atoms with van der Waals surface area (Å²) < 4.78 is 0. The minimum atomic E-state index is -1.65. The lowest BCUT2D eigenvalue weighted by Gasteiger charge is -2.25. The number of benzene rings is 1. The monoisotopic (exact) mass is 320 g/mol. The molecular formula is C15H16N2O6.